The number of phenols is 1. The molecule has 0 amide bonds. The molecule has 2 aromatic carbocycles. The van der Waals surface area contributed by atoms with Gasteiger partial charge in [0.2, 0.25) is 0 Å². The topological polar surface area (TPSA) is 56.6 Å². The van der Waals surface area contributed by atoms with Gasteiger partial charge in [-0.15, -0.1) is 0 Å². The summed E-state index contributed by atoms with van der Waals surface area (Å²) in [6, 6.07) is 21.6. The lowest BCUT2D eigenvalue weighted by molar-refractivity contribution is 0.357. The number of thiocarbonyl (C=S) groups is 1. The van der Waals surface area contributed by atoms with Crippen molar-refractivity contribution in [2.24, 2.45) is 11.8 Å². The highest BCUT2D eigenvalue weighted by molar-refractivity contribution is 7.80. The number of benzene rings is 2. The zero-order valence-corrected chi connectivity index (χ0v) is 25.5. The van der Waals surface area contributed by atoms with Crippen LogP contribution in [0.1, 0.15) is 55.0 Å². The molecule has 6 nitrogen and oxygen atoms in total. The third kappa shape index (κ3) is 5.17. The van der Waals surface area contributed by atoms with Crippen molar-refractivity contribution >= 4 is 40.3 Å². The van der Waals surface area contributed by atoms with Crippen LogP contribution >= 0.6 is 23.8 Å². The van der Waals surface area contributed by atoms with Crippen LogP contribution in [0.5, 0.6) is 5.75 Å². The maximum Gasteiger partial charge on any atom is 0.174 e. The molecule has 0 bridgehead atoms. The quantitative estimate of drug-likeness (QED) is 0.236. The van der Waals surface area contributed by atoms with Crippen molar-refractivity contribution in [2.75, 3.05) is 22.9 Å². The van der Waals surface area contributed by atoms with E-state index < -0.39 is 0 Å². The van der Waals surface area contributed by atoms with Crippen LogP contribution in [0.4, 0.5) is 11.4 Å². The highest BCUT2D eigenvalue weighted by atomic mass is 35.5. The van der Waals surface area contributed by atoms with Crippen molar-refractivity contribution in [1.29, 1.82) is 0 Å². The summed E-state index contributed by atoms with van der Waals surface area (Å²) in [7, 11) is 0. The van der Waals surface area contributed by atoms with E-state index in [1.807, 2.05) is 36.5 Å². The average Bonchev–Trinajstić information content (AvgIpc) is 3.44. The van der Waals surface area contributed by atoms with E-state index in [1.165, 1.54) is 6.42 Å². The first-order chi connectivity index (χ1) is 19.7. The summed E-state index contributed by atoms with van der Waals surface area (Å²) in [6.07, 6.45) is 3.07. The lowest BCUT2D eigenvalue weighted by atomic mass is 9.91. The largest absolute Gasteiger partial charge is 0.508 e. The molecule has 0 saturated carbocycles. The Bertz CT molecular complexity index is 1560. The average molecular weight is 586 g/mol. The van der Waals surface area contributed by atoms with Gasteiger partial charge >= 0.3 is 0 Å². The fourth-order valence-electron chi connectivity index (χ4n) is 6.80. The Labute approximate surface area is 252 Å². The van der Waals surface area contributed by atoms with Crippen LogP contribution in [0.25, 0.3) is 5.69 Å². The van der Waals surface area contributed by atoms with Gasteiger partial charge in [0.25, 0.3) is 0 Å². The molecule has 2 aliphatic heterocycles. The molecule has 2 fully saturated rings. The number of rotatable bonds is 5. The molecule has 4 heterocycles. The second-order valence-electron chi connectivity index (χ2n) is 11.7. The number of hydrogen-bond acceptors (Lipinski definition) is 4. The van der Waals surface area contributed by atoms with Gasteiger partial charge in [-0.05, 0) is 111 Å². The van der Waals surface area contributed by atoms with Crippen LogP contribution in [0.3, 0.4) is 0 Å². The molecule has 212 valence electrons. The molecule has 4 aromatic rings. The first-order valence-corrected chi connectivity index (χ1v) is 15.0. The van der Waals surface area contributed by atoms with Crippen molar-refractivity contribution in [1.82, 2.24) is 14.9 Å². The van der Waals surface area contributed by atoms with E-state index in [9.17, 15) is 5.11 Å². The first kappa shape index (κ1) is 27.6. The Morgan fingerprint density at radius 3 is 2.32 bits per heavy atom. The van der Waals surface area contributed by atoms with Crippen molar-refractivity contribution < 1.29 is 5.11 Å². The van der Waals surface area contributed by atoms with E-state index >= 15 is 0 Å². The Balaban J connectivity index is 1.44. The number of nitrogens with zero attached hydrogens (tertiary/aromatic N) is 4. The number of halogens is 1. The Morgan fingerprint density at radius 2 is 1.66 bits per heavy atom. The zero-order chi connectivity index (χ0) is 28.8. The van der Waals surface area contributed by atoms with Crippen LogP contribution in [-0.2, 0) is 0 Å². The summed E-state index contributed by atoms with van der Waals surface area (Å²) in [5.74, 6) is 1.52. The molecule has 0 spiro atoms. The molecule has 4 atom stereocenters. The highest BCUT2D eigenvalue weighted by Crippen LogP contribution is 2.45. The van der Waals surface area contributed by atoms with Gasteiger partial charge in [-0.25, -0.2) is 0 Å². The van der Waals surface area contributed by atoms with Gasteiger partial charge in [0.15, 0.2) is 5.11 Å². The van der Waals surface area contributed by atoms with Crippen LogP contribution < -0.4 is 15.1 Å². The van der Waals surface area contributed by atoms with Gasteiger partial charge in [0, 0.05) is 42.0 Å². The summed E-state index contributed by atoms with van der Waals surface area (Å²) in [6.45, 7) is 10.9. The number of aromatic nitrogens is 2. The number of anilines is 2. The molecule has 0 unspecified atom stereocenters. The Morgan fingerprint density at radius 1 is 0.951 bits per heavy atom. The second-order valence-corrected chi connectivity index (χ2v) is 12.5. The van der Waals surface area contributed by atoms with Crippen molar-refractivity contribution in [2.45, 2.75) is 46.2 Å². The molecule has 2 saturated heterocycles. The normalized spacial score (nSPS) is 22.7. The molecular weight excluding hydrogens is 550 g/mol. The smallest absolute Gasteiger partial charge is 0.174 e. The molecular formula is C33H36ClN5OS. The lowest BCUT2D eigenvalue weighted by Crippen LogP contribution is -2.38. The summed E-state index contributed by atoms with van der Waals surface area (Å²) >= 11 is 13.0. The van der Waals surface area contributed by atoms with E-state index in [0.29, 0.717) is 16.9 Å². The van der Waals surface area contributed by atoms with Crippen molar-refractivity contribution in [3.8, 4) is 11.4 Å². The summed E-state index contributed by atoms with van der Waals surface area (Å²) < 4.78 is 2.22. The number of hydrogen-bond donors (Lipinski definition) is 2. The van der Waals surface area contributed by atoms with Gasteiger partial charge in [-0.1, -0.05) is 31.5 Å². The van der Waals surface area contributed by atoms with Crippen LogP contribution in [-0.4, -0.2) is 32.9 Å². The molecule has 0 aliphatic carbocycles. The van der Waals surface area contributed by atoms with Gasteiger partial charge in [0.1, 0.15) is 5.75 Å². The fraction of sp³-hybridized carbons (Fsp3) is 0.333. The molecule has 0 radical (unpaired) electrons. The van der Waals surface area contributed by atoms with E-state index in [-0.39, 0.29) is 17.8 Å². The van der Waals surface area contributed by atoms with Crippen LogP contribution in [0.15, 0.2) is 72.9 Å². The zero-order valence-electron chi connectivity index (χ0n) is 23.9. The van der Waals surface area contributed by atoms with E-state index in [1.54, 1.807) is 12.1 Å². The van der Waals surface area contributed by atoms with Gasteiger partial charge < -0.3 is 24.8 Å². The van der Waals surface area contributed by atoms with E-state index in [2.05, 4.69) is 71.6 Å². The number of aryl methyl sites for hydroxylation is 1. The summed E-state index contributed by atoms with van der Waals surface area (Å²) in [4.78, 5) is 9.33. The minimum atomic E-state index is -0.153. The molecule has 2 aromatic heterocycles. The lowest BCUT2D eigenvalue weighted by Gasteiger charge is -2.37. The van der Waals surface area contributed by atoms with Gasteiger partial charge in [-0.3, -0.25) is 4.98 Å². The molecule has 2 aliphatic rings. The first-order valence-electron chi connectivity index (χ1n) is 14.2. The van der Waals surface area contributed by atoms with E-state index in [4.69, 9.17) is 28.8 Å². The standard InChI is InChI=1S/C33H36ClN5OS/c1-20-15-21(2)19-37(18-20)30-13-10-25(17-28(30)34)39-32(31(36-33(39)41)29-7-5-6-14-35-29)27-16-22(3)38(23(27)4)24-8-11-26(40)12-9-24/h5-14,16-17,20-21,31-32,40H,15,18-19H2,1-4H3,(H,36,41)/t20-,21+,31-,32-/m1/s1. The second kappa shape index (κ2) is 11.0. The Hall–Kier alpha value is -3.55. The third-order valence-electron chi connectivity index (χ3n) is 8.41. The van der Waals surface area contributed by atoms with Gasteiger partial charge in [-0.2, -0.15) is 0 Å². The van der Waals surface area contributed by atoms with Gasteiger partial charge in [0.05, 0.1) is 28.5 Å². The maximum absolute atomic E-state index is 9.86. The Kier molecular flexibility index (Phi) is 7.43. The molecule has 2 N–H and O–H groups in total. The predicted molar refractivity (Wildman–Crippen MR) is 171 cm³/mol. The minimum absolute atomic E-state index is 0.147. The maximum atomic E-state index is 9.86. The highest BCUT2D eigenvalue weighted by Gasteiger charge is 2.42. The van der Waals surface area contributed by atoms with Crippen molar-refractivity contribution in [3.05, 3.63) is 101 Å². The SMILES string of the molecule is Cc1cc([C@@H]2[C@@H](c3ccccn3)NC(=S)N2c2ccc(N3C[C@H](C)C[C@H](C)C3)c(Cl)c2)c(C)n1-c1ccc(O)cc1. The monoisotopic (exact) mass is 585 g/mol. The fourth-order valence-corrected chi connectivity index (χ4v) is 7.44. The predicted octanol–water partition coefficient (Wildman–Crippen LogP) is 7.51. The summed E-state index contributed by atoms with van der Waals surface area (Å²) in [5, 5.41) is 14.8. The molecule has 6 rings (SSSR count). The number of piperidine rings is 1. The van der Waals surface area contributed by atoms with E-state index in [0.717, 1.165) is 57.8 Å². The number of nitrogens with one attached hydrogen (secondary N) is 1. The number of phenolic OH excluding ortho intramolecular Hbond substituents is 1. The molecule has 41 heavy (non-hydrogen) atoms. The number of aromatic hydroxyl groups is 1. The van der Waals surface area contributed by atoms with Crippen LogP contribution in [0.2, 0.25) is 5.02 Å². The number of pyridine rings is 1. The molecule has 8 heteroatoms. The van der Waals surface area contributed by atoms with Crippen LogP contribution in [0, 0.1) is 25.7 Å². The van der Waals surface area contributed by atoms with Crippen molar-refractivity contribution in [3.63, 3.8) is 0 Å². The minimum Gasteiger partial charge on any atom is -0.508 e. The third-order valence-corrected chi connectivity index (χ3v) is 9.03. The summed E-state index contributed by atoms with van der Waals surface area (Å²) in [5.41, 5.74) is 7.31.